The topological polar surface area (TPSA) is 84.0 Å². The van der Waals surface area contributed by atoms with Crippen LogP contribution in [-0.2, 0) is 16.4 Å². The minimum absolute atomic E-state index is 0.0805. The summed E-state index contributed by atoms with van der Waals surface area (Å²) in [5.41, 5.74) is 2.80. The zero-order valence-electron chi connectivity index (χ0n) is 15.6. The van der Waals surface area contributed by atoms with Gasteiger partial charge in [0.15, 0.2) is 0 Å². The van der Waals surface area contributed by atoms with Crippen molar-refractivity contribution in [1.82, 2.24) is 14.7 Å². The largest absolute Gasteiger partial charge is 0.368 e. The first kappa shape index (κ1) is 18.8. The third-order valence-corrected chi connectivity index (χ3v) is 6.62. The predicted octanol–water partition coefficient (Wildman–Crippen LogP) is 3.51. The Bertz CT molecular complexity index is 1050. The second kappa shape index (κ2) is 8.24. The van der Waals surface area contributed by atoms with E-state index in [2.05, 4.69) is 20.0 Å². The highest BCUT2D eigenvalue weighted by Gasteiger charge is 2.22. The summed E-state index contributed by atoms with van der Waals surface area (Å²) in [6.45, 7) is 0.694. The number of rotatable bonds is 7. The molecule has 1 aromatic heterocycles. The van der Waals surface area contributed by atoms with E-state index in [1.807, 2.05) is 36.4 Å². The van der Waals surface area contributed by atoms with Crippen LogP contribution in [0.2, 0.25) is 0 Å². The second-order valence-electron chi connectivity index (χ2n) is 7.17. The van der Waals surface area contributed by atoms with Crippen molar-refractivity contribution in [1.29, 1.82) is 0 Å². The van der Waals surface area contributed by atoms with Crippen molar-refractivity contribution in [3.05, 3.63) is 60.3 Å². The highest BCUT2D eigenvalue weighted by molar-refractivity contribution is 7.89. The molecule has 1 heterocycles. The van der Waals surface area contributed by atoms with Crippen molar-refractivity contribution in [3.63, 3.8) is 0 Å². The van der Waals surface area contributed by atoms with Crippen LogP contribution >= 0.6 is 0 Å². The van der Waals surface area contributed by atoms with Gasteiger partial charge in [-0.05, 0) is 49.1 Å². The molecular weight excluding hydrogens is 372 g/mol. The highest BCUT2D eigenvalue weighted by atomic mass is 32.2. The van der Waals surface area contributed by atoms with Crippen molar-refractivity contribution < 1.29 is 8.42 Å². The first-order valence-electron chi connectivity index (χ1n) is 9.67. The van der Waals surface area contributed by atoms with Crippen LogP contribution < -0.4 is 10.0 Å². The third-order valence-electron chi connectivity index (χ3n) is 5.08. The fourth-order valence-corrected chi connectivity index (χ4v) is 4.85. The van der Waals surface area contributed by atoms with E-state index in [1.165, 1.54) is 0 Å². The average molecular weight is 397 g/mol. The lowest BCUT2D eigenvalue weighted by molar-refractivity contribution is 0.552. The number of hydrogen-bond acceptors (Lipinski definition) is 5. The van der Waals surface area contributed by atoms with Crippen molar-refractivity contribution in [2.75, 3.05) is 11.9 Å². The number of nitrogens with one attached hydrogen (secondary N) is 2. The molecule has 0 atom stereocenters. The molecule has 28 heavy (non-hydrogen) atoms. The summed E-state index contributed by atoms with van der Waals surface area (Å²) < 4.78 is 27.7. The Hall–Kier alpha value is -2.51. The molecule has 0 aliphatic heterocycles. The van der Waals surface area contributed by atoms with Gasteiger partial charge in [-0.2, -0.15) is 0 Å². The second-order valence-corrected chi connectivity index (χ2v) is 8.88. The smallest absolute Gasteiger partial charge is 0.240 e. The molecule has 0 amide bonds. The molecule has 2 N–H and O–H groups in total. The van der Waals surface area contributed by atoms with Gasteiger partial charge in [-0.3, -0.25) is 4.98 Å². The Kier molecular flexibility index (Phi) is 5.54. The fourth-order valence-electron chi connectivity index (χ4n) is 3.54. The van der Waals surface area contributed by atoms with Crippen LogP contribution in [0.1, 0.15) is 31.2 Å². The molecule has 4 rings (SSSR count). The molecule has 0 saturated heterocycles. The van der Waals surface area contributed by atoms with Crippen molar-refractivity contribution >= 4 is 26.9 Å². The van der Waals surface area contributed by atoms with Crippen LogP contribution in [0.25, 0.3) is 11.0 Å². The van der Waals surface area contributed by atoms with Gasteiger partial charge in [0.1, 0.15) is 5.82 Å². The van der Waals surface area contributed by atoms with E-state index >= 15 is 0 Å². The molecule has 0 radical (unpaired) electrons. The number of fused-ring (bicyclic) bond motifs is 1. The molecule has 6 nitrogen and oxygen atoms in total. The maximum Gasteiger partial charge on any atom is 0.240 e. The molecule has 1 fully saturated rings. The number of para-hydroxylation sites is 2. The summed E-state index contributed by atoms with van der Waals surface area (Å²) >= 11 is 0. The van der Waals surface area contributed by atoms with E-state index in [-0.39, 0.29) is 6.04 Å². The van der Waals surface area contributed by atoms with E-state index < -0.39 is 10.0 Å². The zero-order valence-corrected chi connectivity index (χ0v) is 16.5. The summed E-state index contributed by atoms with van der Waals surface area (Å²) in [6, 6.07) is 14.9. The number of benzene rings is 2. The Morgan fingerprint density at radius 3 is 2.43 bits per heavy atom. The van der Waals surface area contributed by atoms with E-state index in [9.17, 15) is 8.42 Å². The van der Waals surface area contributed by atoms with E-state index in [0.717, 1.165) is 54.5 Å². The SMILES string of the molecule is O=S(=O)(NC1CCCC1)c1ccc(CCNc2cnc3ccccc3n2)cc1. The standard InChI is InChI=1S/C21H24N4O2S/c26-28(27,25-17-5-1-2-6-17)18-11-9-16(10-12-18)13-14-22-21-15-23-19-7-3-4-8-20(19)24-21/h3-4,7-12,15,17,25H,1-2,5-6,13-14H2,(H,22,24). The van der Waals surface area contributed by atoms with E-state index in [1.54, 1.807) is 18.3 Å². The molecule has 1 aliphatic rings. The average Bonchev–Trinajstić information content (AvgIpc) is 3.21. The maximum atomic E-state index is 12.5. The molecule has 1 saturated carbocycles. The summed E-state index contributed by atoms with van der Waals surface area (Å²) in [5, 5.41) is 3.27. The van der Waals surface area contributed by atoms with Crippen LogP contribution in [0.4, 0.5) is 5.82 Å². The zero-order chi connectivity index (χ0) is 19.4. The summed E-state index contributed by atoms with van der Waals surface area (Å²) in [6.07, 6.45) is 6.56. The van der Waals surface area contributed by atoms with Gasteiger partial charge in [-0.15, -0.1) is 0 Å². The lowest BCUT2D eigenvalue weighted by Gasteiger charge is -2.13. The fraction of sp³-hybridized carbons (Fsp3) is 0.333. The van der Waals surface area contributed by atoms with Crippen LogP contribution in [0.15, 0.2) is 59.6 Å². The molecule has 0 unspecified atom stereocenters. The van der Waals surface area contributed by atoms with Gasteiger partial charge in [-0.25, -0.2) is 18.1 Å². The van der Waals surface area contributed by atoms with E-state index in [4.69, 9.17) is 0 Å². The first-order valence-corrected chi connectivity index (χ1v) is 11.2. The summed E-state index contributed by atoms with van der Waals surface area (Å²) in [7, 11) is -3.43. The molecule has 2 aromatic carbocycles. The number of anilines is 1. The minimum Gasteiger partial charge on any atom is -0.368 e. The van der Waals surface area contributed by atoms with Crippen molar-refractivity contribution in [2.45, 2.75) is 43.0 Å². The van der Waals surface area contributed by atoms with Crippen molar-refractivity contribution in [3.8, 4) is 0 Å². The van der Waals surface area contributed by atoms with Gasteiger partial charge in [0.2, 0.25) is 10.0 Å². The van der Waals surface area contributed by atoms with Gasteiger partial charge in [0, 0.05) is 12.6 Å². The van der Waals surface area contributed by atoms with Gasteiger partial charge in [0.25, 0.3) is 0 Å². The quantitative estimate of drug-likeness (QED) is 0.638. The van der Waals surface area contributed by atoms with E-state index in [0.29, 0.717) is 11.4 Å². The summed E-state index contributed by atoms with van der Waals surface area (Å²) in [4.78, 5) is 9.26. The maximum absolute atomic E-state index is 12.5. The molecule has 1 aliphatic carbocycles. The molecule has 3 aromatic rings. The van der Waals surface area contributed by atoms with Gasteiger partial charge in [0.05, 0.1) is 22.1 Å². The number of hydrogen-bond donors (Lipinski definition) is 2. The van der Waals surface area contributed by atoms with Crippen LogP contribution in [0.5, 0.6) is 0 Å². The molecule has 7 heteroatoms. The summed E-state index contributed by atoms with van der Waals surface area (Å²) in [5.74, 6) is 0.735. The Morgan fingerprint density at radius 1 is 0.964 bits per heavy atom. The molecule has 146 valence electrons. The first-order chi connectivity index (χ1) is 13.6. The lowest BCUT2D eigenvalue weighted by Crippen LogP contribution is -2.32. The molecular formula is C21H24N4O2S. The predicted molar refractivity (Wildman–Crippen MR) is 111 cm³/mol. The van der Waals surface area contributed by atoms with Gasteiger partial charge < -0.3 is 5.32 Å². The van der Waals surface area contributed by atoms with Gasteiger partial charge >= 0.3 is 0 Å². The van der Waals surface area contributed by atoms with Crippen LogP contribution in [0.3, 0.4) is 0 Å². The van der Waals surface area contributed by atoms with Crippen LogP contribution in [0, 0.1) is 0 Å². The lowest BCUT2D eigenvalue weighted by atomic mass is 10.1. The third kappa shape index (κ3) is 4.48. The number of nitrogens with zero attached hydrogens (tertiary/aromatic N) is 2. The monoisotopic (exact) mass is 396 g/mol. The van der Waals surface area contributed by atoms with Crippen molar-refractivity contribution in [2.24, 2.45) is 0 Å². The van der Waals surface area contributed by atoms with Gasteiger partial charge in [-0.1, -0.05) is 37.1 Å². The van der Waals surface area contributed by atoms with Crippen LogP contribution in [-0.4, -0.2) is 31.0 Å². The Balaban J connectivity index is 1.33. The number of sulfonamides is 1. The minimum atomic E-state index is -3.43. The molecule has 0 bridgehead atoms. The molecule has 0 spiro atoms. The normalized spacial score (nSPS) is 15.1. The highest BCUT2D eigenvalue weighted by Crippen LogP contribution is 2.20. The Morgan fingerprint density at radius 2 is 1.68 bits per heavy atom. The number of aromatic nitrogens is 2. The Labute approximate surface area is 165 Å².